The summed E-state index contributed by atoms with van der Waals surface area (Å²) in [6, 6.07) is 9.64. The van der Waals surface area contributed by atoms with Gasteiger partial charge in [0.05, 0.1) is 19.8 Å². The van der Waals surface area contributed by atoms with E-state index < -0.39 is 12.2 Å². The first-order chi connectivity index (χ1) is 14.1. The van der Waals surface area contributed by atoms with Crippen LogP contribution in [0.5, 0.6) is 0 Å². The Labute approximate surface area is 171 Å². The summed E-state index contributed by atoms with van der Waals surface area (Å²) < 4.78 is 5.45. The van der Waals surface area contributed by atoms with E-state index in [2.05, 4.69) is 21.9 Å². The number of rotatable bonds is 6. The lowest BCUT2D eigenvalue weighted by molar-refractivity contribution is -0.136. The van der Waals surface area contributed by atoms with E-state index in [1.165, 1.54) is 10.5 Å². The zero-order valence-electron chi connectivity index (χ0n) is 17.2. The van der Waals surface area contributed by atoms with Crippen LogP contribution in [0, 0.1) is 0 Å². The standard InChI is InChI=1S/C21H29N5O3/c1-23-19-18(20(27)24(2)21(23)28)26(10-6-9-16-7-4-3-5-8-16)17(22-19)15-25-11-13-29-14-12-25/h3-5,7-8,18-19H,6,9-15H2,1-2H3. The summed E-state index contributed by atoms with van der Waals surface area (Å²) in [4.78, 5) is 37.5. The van der Waals surface area contributed by atoms with Crippen molar-refractivity contribution in [1.29, 1.82) is 0 Å². The third kappa shape index (κ3) is 4.00. The smallest absolute Gasteiger partial charge is 0.328 e. The van der Waals surface area contributed by atoms with E-state index in [4.69, 9.17) is 9.73 Å². The molecule has 0 spiro atoms. The summed E-state index contributed by atoms with van der Waals surface area (Å²) in [5, 5.41) is 0. The molecule has 3 heterocycles. The second-order valence-electron chi connectivity index (χ2n) is 7.87. The number of fused-ring (bicyclic) bond motifs is 1. The number of ether oxygens (including phenoxy) is 1. The highest BCUT2D eigenvalue weighted by molar-refractivity contribution is 6.04. The summed E-state index contributed by atoms with van der Waals surface area (Å²) in [5.74, 6) is 0.733. The van der Waals surface area contributed by atoms with Crippen molar-refractivity contribution in [2.75, 3.05) is 53.5 Å². The van der Waals surface area contributed by atoms with Crippen molar-refractivity contribution >= 4 is 17.8 Å². The molecule has 0 aromatic heterocycles. The normalized spacial score (nSPS) is 25.4. The van der Waals surface area contributed by atoms with Crippen LogP contribution < -0.4 is 0 Å². The molecule has 1 aromatic carbocycles. The topological polar surface area (TPSA) is 68.7 Å². The number of aliphatic imine (C=N–C) groups is 1. The average Bonchev–Trinajstić information content (AvgIpc) is 3.10. The highest BCUT2D eigenvalue weighted by Crippen LogP contribution is 2.28. The van der Waals surface area contributed by atoms with Crippen molar-refractivity contribution < 1.29 is 14.3 Å². The number of morpholine rings is 1. The SMILES string of the molecule is CN1C(=O)C2C(N=C(CN3CCOCC3)N2CCCc2ccccc2)N(C)C1=O. The zero-order chi connectivity index (χ0) is 20.4. The van der Waals surface area contributed by atoms with Gasteiger partial charge in [-0.2, -0.15) is 0 Å². The van der Waals surface area contributed by atoms with E-state index in [1.54, 1.807) is 19.0 Å². The van der Waals surface area contributed by atoms with Crippen LogP contribution in [-0.4, -0.2) is 103 Å². The van der Waals surface area contributed by atoms with Crippen molar-refractivity contribution in [2.24, 2.45) is 4.99 Å². The Bertz CT molecular complexity index is 778. The van der Waals surface area contributed by atoms with Gasteiger partial charge in [-0.25, -0.2) is 9.79 Å². The first-order valence-corrected chi connectivity index (χ1v) is 10.3. The largest absolute Gasteiger partial charge is 0.379 e. The van der Waals surface area contributed by atoms with Gasteiger partial charge in [0, 0.05) is 33.7 Å². The average molecular weight is 399 g/mol. The molecular formula is C21H29N5O3. The van der Waals surface area contributed by atoms with E-state index in [1.807, 2.05) is 18.2 Å². The van der Waals surface area contributed by atoms with Crippen LogP contribution in [-0.2, 0) is 16.0 Å². The van der Waals surface area contributed by atoms with E-state index in [0.717, 1.165) is 38.3 Å². The predicted octanol–water partition coefficient (Wildman–Crippen LogP) is 0.884. The first-order valence-electron chi connectivity index (χ1n) is 10.3. The maximum Gasteiger partial charge on any atom is 0.328 e. The highest BCUT2D eigenvalue weighted by Gasteiger charge is 2.50. The number of imide groups is 1. The molecule has 2 unspecified atom stereocenters. The van der Waals surface area contributed by atoms with E-state index >= 15 is 0 Å². The van der Waals surface area contributed by atoms with Crippen LogP contribution in [0.4, 0.5) is 4.79 Å². The molecule has 0 bridgehead atoms. The molecule has 4 rings (SSSR count). The molecule has 1 aromatic rings. The molecule has 2 saturated heterocycles. The molecule has 8 heteroatoms. The fourth-order valence-corrected chi connectivity index (χ4v) is 4.28. The molecule has 156 valence electrons. The minimum absolute atomic E-state index is 0.168. The maximum atomic E-state index is 13.0. The lowest BCUT2D eigenvalue weighted by Gasteiger charge is -2.40. The Morgan fingerprint density at radius 2 is 1.83 bits per heavy atom. The van der Waals surface area contributed by atoms with Gasteiger partial charge in [0.2, 0.25) is 0 Å². The van der Waals surface area contributed by atoms with Gasteiger partial charge in [-0.05, 0) is 18.4 Å². The summed E-state index contributed by atoms with van der Waals surface area (Å²) in [5.41, 5.74) is 1.29. The predicted molar refractivity (Wildman–Crippen MR) is 110 cm³/mol. The third-order valence-electron chi connectivity index (χ3n) is 5.98. The molecule has 3 amide bonds. The number of benzene rings is 1. The minimum atomic E-state index is -0.445. The monoisotopic (exact) mass is 399 g/mol. The first kappa shape index (κ1) is 19.8. The van der Waals surface area contributed by atoms with Gasteiger partial charge in [0.25, 0.3) is 5.91 Å². The van der Waals surface area contributed by atoms with Gasteiger partial charge in [-0.1, -0.05) is 30.3 Å². The lowest BCUT2D eigenvalue weighted by Crippen LogP contribution is -2.64. The van der Waals surface area contributed by atoms with Gasteiger partial charge in [0.1, 0.15) is 5.84 Å². The van der Waals surface area contributed by atoms with Crippen molar-refractivity contribution in [1.82, 2.24) is 19.6 Å². The Kier molecular flexibility index (Phi) is 5.82. The highest BCUT2D eigenvalue weighted by atomic mass is 16.5. The Morgan fingerprint density at radius 3 is 2.55 bits per heavy atom. The second kappa shape index (κ2) is 8.51. The molecule has 29 heavy (non-hydrogen) atoms. The van der Waals surface area contributed by atoms with Crippen LogP contribution in [0.1, 0.15) is 12.0 Å². The number of carbonyl (C=O) groups excluding carboxylic acids is 2. The van der Waals surface area contributed by atoms with E-state index in [-0.39, 0.29) is 11.9 Å². The number of urea groups is 1. The summed E-state index contributed by atoms with van der Waals surface area (Å²) in [6.45, 7) is 4.56. The number of amides is 3. The van der Waals surface area contributed by atoms with Crippen molar-refractivity contribution in [2.45, 2.75) is 25.0 Å². The molecule has 2 atom stereocenters. The van der Waals surface area contributed by atoms with E-state index in [0.29, 0.717) is 19.8 Å². The number of hydrogen-bond donors (Lipinski definition) is 0. The lowest BCUT2D eigenvalue weighted by atomic mass is 10.1. The number of nitrogens with zero attached hydrogens (tertiary/aromatic N) is 5. The number of hydrogen-bond acceptors (Lipinski definition) is 6. The molecule has 0 radical (unpaired) electrons. The van der Waals surface area contributed by atoms with Crippen LogP contribution in [0.25, 0.3) is 0 Å². The Hall–Kier alpha value is -2.45. The van der Waals surface area contributed by atoms with Crippen LogP contribution in [0.3, 0.4) is 0 Å². The molecule has 3 aliphatic heterocycles. The summed E-state index contributed by atoms with van der Waals surface area (Å²) >= 11 is 0. The number of carbonyl (C=O) groups is 2. The Balaban J connectivity index is 1.51. The van der Waals surface area contributed by atoms with Crippen LogP contribution in [0.2, 0.25) is 0 Å². The van der Waals surface area contributed by atoms with Crippen LogP contribution >= 0.6 is 0 Å². The molecule has 3 aliphatic rings. The molecule has 0 N–H and O–H groups in total. The van der Waals surface area contributed by atoms with Gasteiger partial charge in [-0.3, -0.25) is 14.6 Å². The fourth-order valence-electron chi connectivity index (χ4n) is 4.28. The van der Waals surface area contributed by atoms with Gasteiger partial charge in [-0.15, -0.1) is 0 Å². The Morgan fingerprint density at radius 1 is 1.10 bits per heavy atom. The van der Waals surface area contributed by atoms with Gasteiger partial charge in [0.15, 0.2) is 12.2 Å². The quantitative estimate of drug-likeness (QED) is 0.711. The van der Waals surface area contributed by atoms with Crippen molar-refractivity contribution in [3.8, 4) is 0 Å². The maximum absolute atomic E-state index is 13.0. The van der Waals surface area contributed by atoms with Gasteiger partial charge >= 0.3 is 6.03 Å². The number of aryl methyl sites for hydroxylation is 1. The van der Waals surface area contributed by atoms with Gasteiger partial charge < -0.3 is 14.5 Å². The molecule has 0 saturated carbocycles. The van der Waals surface area contributed by atoms with Crippen LogP contribution in [0.15, 0.2) is 35.3 Å². The second-order valence-corrected chi connectivity index (χ2v) is 7.87. The third-order valence-corrected chi connectivity index (χ3v) is 5.98. The van der Waals surface area contributed by atoms with E-state index in [9.17, 15) is 9.59 Å². The fraction of sp³-hybridized carbons (Fsp3) is 0.571. The molecule has 0 aliphatic carbocycles. The number of amidine groups is 1. The molecule has 2 fully saturated rings. The minimum Gasteiger partial charge on any atom is -0.379 e. The molecular weight excluding hydrogens is 370 g/mol. The summed E-state index contributed by atoms with van der Waals surface area (Å²) in [6.07, 6.45) is 1.42. The number of likely N-dealkylation sites (N-methyl/N-ethyl adjacent to an activating group) is 2. The van der Waals surface area contributed by atoms with Crippen molar-refractivity contribution in [3.05, 3.63) is 35.9 Å². The summed E-state index contributed by atoms with van der Waals surface area (Å²) in [7, 11) is 3.28. The molecule has 8 nitrogen and oxygen atoms in total. The van der Waals surface area contributed by atoms with Crippen molar-refractivity contribution in [3.63, 3.8) is 0 Å². The zero-order valence-corrected chi connectivity index (χ0v) is 17.2.